The first-order valence-electron chi connectivity index (χ1n) is 10.2. The van der Waals surface area contributed by atoms with E-state index in [-0.39, 0.29) is 24.1 Å². The molecule has 1 aromatic rings. The van der Waals surface area contributed by atoms with Gasteiger partial charge in [0.2, 0.25) is 0 Å². The largest absolute Gasteiger partial charge is 0.374 e. The van der Waals surface area contributed by atoms with E-state index in [0.29, 0.717) is 30.3 Å². The van der Waals surface area contributed by atoms with Crippen molar-refractivity contribution in [2.24, 2.45) is 5.92 Å². The maximum absolute atomic E-state index is 12.1. The Hall–Kier alpha value is -2.12. The van der Waals surface area contributed by atoms with Crippen molar-refractivity contribution < 1.29 is 14.3 Å². The van der Waals surface area contributed by atoms with Gasteiger partial charge in [0, 0.05) is 43.5 Å². The van der Waals surface area contributed by atoms with Crippen molar-refractivity contribution in [3.8, 4) is 0 Å². The summed E-state index contributed by atoms with van der Waals surface area (Å²) in [5.41, 5.74) is 1.22. The Kier molecular flexibility index (Phi) is 8.73. The minimum Gasteiger partial charge on any atom is -0.374 e. The van der Waals surface area contributed by atoms with Crippen LogP contribution in [0.3, 0.4) is 0 Å². The number of morpholine rings is 1. The summed E-state index contributed by atoms with van der Waals surface area (Å²) in [5, 5.41) is 8.58. The van der Waals surface area contributed by atoms with E-state index in [1.807, 2.05) is 13.8 Å². The number of carbonyl (C=O) groups is 2. The van der Waals surface area contributed by atoms with Crippen LogP contribution in [0.25, 0.3) is 0 Å². The third-order valence-corrected chi connectivity index (χ3v) is 4.73. The molecule has 0 bridgehead atoms. The number of amides is 3. The van der Waals surface area contributed by atoms with Crippen molar-refractivity contribution in [3.63, 3.8) is 0 Å². The normalized spacial score (nSPS) is 18.5. The number of rotatable bonds is 8. The number of nitrogens with zero attached hydrogens (tertiary/aromatic N) is 1. The highest BCUT2D eigenvalue weighted by Gasteiger charge is 2.21. The Morgan fingerprint density at radius 1 is 1.21 bits per heavy atom. The fraction of sp³-hybridized carbons (Fsp3) is 0.619. The van der Waals surface area contributed by atoms with Crippen LogP contribution >= 0.6 is 0 Å². The number of anilines is 1. The lowest BCUT2D eigenvalue weighted by Crippen LogP contribution is -2.48. The molecular formula is C21H34N4O3. The zero-order chi connectivity index (χ0) is 20.5. The predicted octanol–water partition coefficient (Wildman–Crippen LogP) is 2.69. The molecule has 7 heteroatoms. The van der Waals surface area contributed by atoms with Gasteiger partial charge in [-0.05, 0) is 43.5 Å². The van der Waals surface area contributed by atoms with Crippen LogP contribution in [0.1, 0.15) is 44.5 Å². The molecular weight excluding hydrogens is 356 g/mol. The number of hydrogen-bond donors (Lipinski definition) is 3. The number of carbonyl (C=O) groups excluding carboxylic acids is 2. The smallest absolute Gasteiger partial charge is 0.319 e. The zero-order valence-corrected chi connectivity index (χ0v) is 17.5. The molecule has 1 fully saturated rings. The van der Waals surface area contributed by atoms with E-state index in [1.165, 1.54) is 0 Å². The lowest BCUT2D eigenvalue weighted by atomic mass is 10.1. The minimum atomic E-state index is -0.276. The van der Waals surface area contributed by atoms with Crippen LogP contribution in [-0.4, -0.2) is 61.8 Å². The molecule has 2 rings (SSSR count). The molecule has 7 nitrogen and oxygen atoms in total. The topological polar surface area (TPSA) is 82.7 Å². The standard InChI is InChI=1S/C21H34N4O3/c1-5-16(4)23-20(26)17-6-8-18(9-7-17)24-21(27)22-12-19-14-25(10-11-28-19)13-15(2)3/h6-9,15-16,19H,5,10-14H2,1-4H3,(H,23,26)(H2,22,24,27). The molecule has 156 valence electrons. The van der Waals surface area contributed by atoms with Gasteiger partial charge < -0.3 is 20.7 Å². The van der Waals surface area contributed by atoms with Crippen molar-refractivity contribution in [1.29, 1.82) is 0 Å². The number of hydrogen-bond acceptors (Lipinski definition) is 4. The van der Waals surface area contributed by atoms with Crippen molar-refractivity contribution in [2.45, 2.75) is 46.3 Å². The summed E-state index contributed by atoms with van der Waals surface area (Å²) in [6, 6.07) is 6.73. The summed E-state index contributed by atoms with van der Waals surface area (Å²) in [6.07, 6.45) is 0.885. The van der Waals surface area contributed by atoms with Gasteiger partial charge in [0.25, 0.3) is 5.91 Å². The van der Waals surface area contributed by atoms with Crippen LogP contribution in [0.5, 0.6) is 0 Å². The molecule has 1 heterocycles. The second kappa shape index (κ2) is 11.0. The highest BCUT2D eigenvalue weighted by molar-refractivity contribution is 5.95. The van der Waals surface area contributed by atoms with E-state index in [1.54, 1.807) is 24.3 Å². The third-order valence-electron chi connectivity index (χ3n) is 4.73. The Labute approximate surface area is 168 Å². The lowest BCUT2D eigenvalue weighted by Gasteiger charge is -2.33. The van der Waals surface area contributed by atoms with Gasteiger partial charge in [0.1, 0.15) is 0 Å². The Morgan fingerprint density at radius 2 is 1.93 bits per heavy atom. The van der Waals surface area contributed by atoms with Crippen LogP contribution in [0, 0.1) is 5.92 Å². The summed E-state index contributed by atoms with van der Waals surface area (Å²) in [7, 11) is 0. The molecule has 1 saturated heterocycles. The Bertz CT molecular complexity index is 633. The summed E-state index contributed by atoms with van der Waals surface area (Å²) in [5.74, 6) is 0.510. The summed E-state index contributed by atoms with van der Waals surface area (Å²) >= 11 is 0. The fourth-order valence-corrected chi connectivity index (χ4v) is 3.08. The van der Waals surface area contributed by atoms with Gasteiger partial charge >= 0.3 is 6.03 Å². The zero-order valence-electron chi connectivity index (χ0n) is 17.5. The van der Waals surface area contributed by atoms with Crippen LogP contribution in [-0.2, 0) is 4.74 Å². The van der Waals surface area contributed by atoms with E-state index in [4.69, 9.17) is 4.74 Å². The lowest BCUT2D eigenvalue weighted by molar-refractivity contribution is -0.0288. The van der Waals surface area contributed by atoms with Gasteiger partial charge in [-0.25, -0.2) is 4.79 Å². The molecule has 0 saturated carbocycles. The molecule has 2 unspecified atom stereocenters. The SMILES string of the molecule is CCC(C)NC(=O)c1ccc(NC(=O)NCC2CN(CC(C)C)CCO2)cc1. The molecule has 3 amide bonds. The second-order valence-electron chi connectivity index (χ2n) is 7.84. The highest BCUT2D eigenvalue weighted by atomic mass is 16.5. The molecule has 1 aromatic carbocycles. The van der Waals surface area contributed by atoms with Gasteiger partial charge in [0.05, 0.1) is 12.7 Å². The first kappa shape index (κ1) is 22.2. The number of nitrogens with one attached hydrogen (secondary N) is 3. The van der Waals surface area contributed by atoms with Crippen LogP contribution in [0.4, 0.5) is 10.5 Å². The van der Waals surface area contributed by atoms with Crippen LogP contribution in [0.15, 0.2) is 24.3 Å². The van der Waals surface area contributed by atoms with Gasteiger partial charge in [-0.15, -0.1) is 0 Å². The average molecular weight is 391 g/mol. The number of ether oxygens (including phenoxy) is 1. The summed E-state index contributed by atoms with van der Waals surface area (Å²) in [6.45, 7) is 12.4. The Balaban J connectivity index is 1.76. The molecule has 1 aliphatic heterocycles. The van der Waals surface area contributed by atoms with E-state index in [0.717, 1.165) is 26.1 Å². The van der Waals surface area contributed by atoms with Crippen LogP contribution < -0.4 is 16.0 Å². The fourth-order valence-electron chi connectivity index (χ4n) is 3.08. The first-order chi connectivity index (χ1) is 13.4. The molecule has 0 radical (unpaired) electrons. The monoisotopic (exact) mass is 390 g/mol. The van der Waals surface area contributed by atoms with Gasteiger partial charge in [0.15, 0.2) is 0 Å². The van der Waals surface area contributed by atoms with Crippen molar-refractivity contribution in [3.05, 3.63) is 29.8 Å². The maximum atomic E-state index is 12.1. The van der Waals surface area contributed by atoms with Crippen molar-refractivity contribution in [2.75, 3.05) is 38.1 Å². The second-order valence-corrected chi connectivity index (χ2v) is 7.84. The van der Waals surface area contributed by atoms with E-state index >= 15 is 0 Å². The maximum Gasteiger partial charge on any atom is 0.319 e. The van der Waals surface area contributed by atoms with E-state index in [2.05, 4.69) is 34.7 Å². The van der Waals surface area contributed by atoms with Gasteiger partial charge in [-0.3, -0.25) is 9.69 Å². The first-order valence-corrected chi connectivity index (χ1v) is 10.2. The number of urea groups is 1. The highest BCUT2D eigenvalue weighted by Crippen LogP contribution is 2.11. The summed E-state index contributed by atoms with van der Waals surface area (Å²) < 4.78 is 5.74. The van der Waals surface area contributed by atoms with E-state index in [9.17, 15) is 9.59 Å². The third kappa shape index (κ3) is 7.48. The average Bonchev–Trinajstić information content (AvgIpc) is 2.66. The quantitative estimate of drug-likeness (QED) is 0.637. The molecule has 0 aromatic heterocycles. The van der Waals surface area contributed by atoms with E-state index < -0.39 is 0 Å². The van der Waals surface area contributed by atoms with Crippen molar-refractivity contribution in [1.82, 2.24) is 15.5 Å². The predicted molar refractivity (Wildman–Crippen MR) is 112 cm³/mol. The molecule has 3 N–H and O–H groups in total. The van der Waals surface area contributed by atoms with Crippen LogP contribution in [0.2, 0.25) is 0 Å². The summed E-state index contributed by atoms with van der Waals surface area (Å²) in [4.78, 5) is 26.6. The van der Waals surface area contributed by atoms with Gasteiger partial charge in [-0.2, -0.15) is 0 Å². The molecule has 0 aliphatic carbocycles. The molecule has 28 heavy (non-hydrogen) atoms. The molecule has 0 spiro atoms. The molecule has 2 atom stereocenters. The van der Waals surface area contributed by atoms with Gasteiger partial charge in [-0.1, -0.05) is 20.8 Å². The van der Waals surface area contributed by atoms with Crippen molar-refractivity contribution >= 4 is 17.6 Å². The number of benzene rings is 1. The minimum absolute atomic E-state index is 0.00452. The Morgan fingerprint density at radius 3 is 2.57 bits per heavy atom. The molecule has 1 aliphatic rings.